The van der Waals surface area contributed by atoms with Crippen molar-refractivity contribution in [2.45, 2.75) is 38.4 Å². The molecule has 3 N–H and O–H groups in total. The predicted molar refractivity (Wildman–Crippen MR) is 161 cm³/mol. The van der Waals surface area contributed by atoms with Gasteiger partial charge in [-0.1, -0.05) is 31.2 Å². The average molecular weight is 741 g/mol. The Bertz CT molecular complexity index is 1670. The number of carbonyl (C=O) groups is 3. The molecule has 4 heterocycles. The molecule has 5 rings (SSSR count). The summed E-state index contributed by atoms with van der Waals surface area (Å²) in [6.07, 6.45) is -4.76. The lowest BCUT2D eigenvalue weighted by Gasteiger charge is -2.35. The molecule has 1 aromatic carbocycles. The number of pyridine rings is 1. The Hall–Kier alpha value is -5.47. The first-order valence-corrected chi connectivity index (χ1v) is 14.3. The highest BCUT2D eigenvalue weighted by molar-refractivity contribution is 5.74. The Kier molecular flexibility index (Phi) is 14.7. The molecule has 12 nitrogen and oxygen atoms in total. The number of carboxylic acids is 3. The van der Waals surface area contributed by atoms with E-state index in [4.69, 9.17) is 34.7 Å². The summed E-state index contributed by atoms with van der Waals surface area (Å²) >= 11 is 0. The number of rotatable bonds is 5. The molecule has 0 spiro atoms. The second-order valence-corrected chi connectivity index (χ2v) is 10.2. The lowest BCUT2D eigenvalue weighted by molar-refractivity contribution is -0.193. The molecule has 1 fully saturated rings. The maximum absolute atomic E-state index is 10.6. The minimum Gasteiger partial charge on any atom is -0.475 e. The summed E-state index contributed by atoms with van der Waals surface area (Å²) in [4.78, 5) is 45.1. The number of halogens is 9. The summed E-state index contributed by atoms with van der Waals surface area (Å²) in [5.41, 5.74) is 5.86. The van der Waals surface area contributed by atoms with Crippen LogP contribution in [0.2, 0.25) is 0 Å². The number of alkyl halides is 9. The highest BCUT2D eigenvalue weighted by atomic mass is 19.4. The second-order valence-electron chi connectivity index (χ2n) is 10.2. The van der Waals surface area contributed by atoms with E-state index >= 15 is 0 Å². The molecule has 1 aliphatic heterocycles. The second kappa shape index (κ2) is 18.0. The largest absolute Gasteiger partial charge is 0.490 e. The molecule has 3 aromatic heterocycles. The molecular formula is C30H29F9N6O6. The van der Waals surface area contributed by atoms with Crippen LogP contribution in [0.1, 0.15) is 18.1 Å². The molecule has 0 atom stereocenters. The lowest BCUT2D eigenvalue weighted by Crippen LogP contribution is -2.46. The zero-order chi connectivity index (χ0) is 38.6. The van der Waals surface area contributed by atoms with Crippen LogP contribution in [-0.2, 0) is 27.3 Å². The number of hydrogen-bond donors (Lipinski definition) is 3. The van der Waals surface area contributed by atoms with Crippen molar-refractivity contribution in [2.75, 3.05) is 31.1 Å². The SMILES string of the molecule is CCc1ccc(CN2CCN(c3nccn4c(-c5ccncc5)cnc34)CC2)cc1.O=C(O)C(F)(F)F.O=C(O)C(F)(F)F.O=C(O)C(F)(F)F. The molecule has 51 heavy (non-hydrogen) atoms. The number of carboxylic acid groups (broad SMARTS) is 3. The smallest absolute Gasteiger partial charge is 0.475 e. The van der Waals surface area contributed by atoms with E-state index in [1.807, 2.05) is 43.1 Å². The molecule has 0 bridgehead atoms. The van der Waals surface area contributed by atoms with Gasteiger partial charge in [-0.25, -0.2) is 24.4 Å². The third-order valence-electron chi connectivity index (χ3n) is 6.62. The van der Waals surface area contributed by atoms with Gasteiger partial charge in [0.2, 0.25) is 0 Å². The van der Waals surface area contributed by atoms with Crippen LogP contribution in [0.15, 0.2) is 67.4 Å². The number of piperazine rings is 1. The van der Waals surface area contributed by atoms with Gasteiger partial charge in [0.15, 0.2) is 11.5 Å². The standard InChI is InChI=1S/C24H26N6.3C2HF3O2/c1-2-19-3-5-20(6-4-19)18-28-13-15-29(16-14-28)23-24-27-17-22(30(24)12-11-26-23)21-7-9-25-10-8-21;3*3-2(4,5)1(6)7/h3-12,17H,2,13-16,18H2,1H3;3*(H,6,7). The van der Waals surface area contributed by atoms with Crippen molar-refractivity contribution < 1.29 is 69.2 Å². The van der Waals surface area contributed by atoms with Gasteiger partial charge in [-0.3, -0.25) is 14.3 Å². The van der Waals surface area contributed by atoms with Crippen molar-refractivity contribution in [1.29, 1.82) is 0 Å². The van der Waals surface area contributed by atoms with Crippen LogP contribution in [-0.4, -0.2) is 102 Å². The van der Waals surface area contributed by atoms with Crippen molar-refractivity contribution in [1.82, 2.24) is 24.3 Å². The fraction of sp³-hybridized carbons (Fsp3) is 0.333. The topological polar surface area (TPSA) is 161 Å². The van der Waals surface area contributed by atoms with Gasteiger partial charge in [-0.2, -0.15) is 39.5 Å². The molecule has 0 amide bonds. The van der Waals surface area contributed by atoms with Crippen LogP contribution in [0, 0.1) is 0 Å². The van der Waals surface area contributed by atoms with Gasteiger partial charge < -0.3 is 20.2 Å². The summed E-state index contributed by atoms with van der Waals surface area (Å²) in [6, 6.07) is 13.0. The number of imidazole rings is 1. The Morgan fingerprint density at radius 3 is 1.57 bits per heavy atom. The fourth-order valence-corrected chi connectivity index (χ4v) is 4.12. The number of fused-ring (bicyclic) bond motifs is 1. The Balaban J connectivity index is 0.000000352. The van der Waals surface area contributed by atoms with Crippen LogP contribution in [0.3, 0.4) is 0 Å². The molecule has 0 unspecified atom stereocenters. The van der Waals surface area contributed by atoms with Gasteiger partial charge >= 0.3 is 36.4 Å². The first-order chi connectivity index (χ1) is 23.6. The minimum atomic E-state index is -5.08. The molecule has 4 aromatic rings. The van der Waals surface area contributed by atoms with E-state index in [0.29, 0.717) is 0 Å². The van der Waals surface area contributed by atoms with E-state index in [0.717, 1.165) is 61.9 Å². The minimum absolute atomic E-state index is 0.910. The fourth-order valence-electron chi connectivity index (χ4n) is 4.12. The zero-order valence-electron chi connectivity index (χ0n) is 26.2. The normalized spacial score (nSPS) is 13.5. The zero-order valence-corrected chi connectivity index (χ0v) is 26.2. The summed E-state index contributed by atoms with van der Waals surface area (Å²) in [6.45, 7) is 7.16. The molecule has 0 radical (unpaired) electrons. The Morgan fingerprint density at radius 1 is 0.686 bits per heavy atom. The average Bonchev–Trinajstić information content (AvgIpc) is 3.50. The van der Waals surface area contributed by atoms with Crippen LogP contribution in [0.5, 0.6) is 0 Å². The number of hydrogen-bond acceptors (Lipinski definition) is 8. The van der Waals surface area contributed by atoms with Gasteiger partial charge in [-0.15, -0.1) is 0 Å². The highest BCUT2D eigenvalue weighted by Crippen LogP contribution is 2.26. The number of nitrogens with zero attached hydrogens (tertiary/aromatic N) is 6. The van der Waals surface area contributed by atoms with Gasteiger partial charge in [0.1, 0.15) is 0 Å². The third kappa shape index (κ3) is 13.4. The molecule has 21 heteroatoms. The van der Waals surface area contributed by atoms with Crippen molar-refractivity contribution >= 4 is 29.4 Å². The van der Waals surface area contributed by atoms with Crippen LogP contribution in [0.4, 0.5) is 45.3 Å². The molecule has 0 saturated carbocycles. The number of aryl methyl sites for hydroxylation is 1. The van der Waals surface area contributed by atoms with Crippen molar-refractivity contribution in [2.24, 2.45) is 0 Å². The Labute approximate surface area is 282 Å². The van der Waals surface area contributed by atoms with Crippen LogP contribution < -0.4 is 4.90 Å². The van der Waals surface area contributed by atoms with Crippen molar-refractivity contribution in [3.63, 3.8) is 0 Å². The van der Waals surface area contributed by atoms with Crippen molar-refractivity contribution in [3.8, 4) is 11.3 Å². The first-order valence-electron chi connectivity index (χ1n) is 14.3. The molecular weight excluding hydrogens is 711 g/mol. The predicted octanol–water partition coefficient (Wildman–Crippen LogP) is 5.58. The van der Waals surface area contributed by atoms with E-state index in [1.54, 1.807) is 0 Å². The van der Waals surface area contributed by atoms with Gasteiger partial charge in [0.05, 0.1) is 11.9 Å². The highest BCUT2D eigenvalue weighted by Gasteiger charge is 2.39. The summed E-state index contributed by atoms with van der Waals surface area (Å²) < 4.78 is 97.3. The number of anilines is 1. The van der Waals surface area contributed by atoms with Crippen LogP contribution in [0.25, 0.3) is 16.9 Å². The Morgan fingerprint density at radius 2 is 1.14 bits per heavy atom. The van der Waals surface area contributed by atoms with Gasteiger partial charge in [-0.05, 0) is 29.7 Å². The third-order valence-corrected chi connectivity index (χ3v) is 6.62. The maximum atomic E-state index is 10.6. The van der Waals surface area contributed by atoms with Crippen molar-refractivity contribution in [3.05, 3.63) is 78.5 Å². The molecule has 1 aliphatic rings. The molecule has 0 aliphatic carbocycles. The van der Waals surface area contributed by atoms with Crippen LogP contribution >= 0.6 is 0 Å². The maximum Gasteiger partial charge on any atom is 0.490 e. The van der Waals surface area contributed by atoms with E-state index in [1.165, 1.54) is 11.1 Å². The number of aromatic nitrogens is 4. The first kappa shape index (κ1) is 41.7. The number of benzene rings is 1. The lowest BCUT2D eigenvalue weighted by atomic mass is 10.1. The summed E-state index contributed by atoms with van der Waals surface area (Å²) in [5.74, 6) is -7.31. The van der Waals surface area contributed by atoms with Gasteiger partial charge in [0.25, 0.3) is 0 Å². The molecule has 1 saturated heterocycles. The van der Waals surface area contributed by atoms with E-state index < -0.39 is 36.4 Å². The van der Waals surface area contributed by atoms with E-state index in [-0.39, 0.29) is 0 Å². The van der Waals surface area contributed by atoms with Gasteiger partial charge in [0, 0.05) is 63.1 Å². The summed E-state index contributed by atoms with van der Waals surface area (Å²) in [5, 5.41) is 21.4. The molecule has 278 valence electrons. The quantitative estimate of drug-likeness (QED) is 0.219. The van der Waals surface area contributed by atoms with E-state index in [2.05, 4.69) is 55.4 Å². The monoisotopic (exact) mass is 740 g/mol. The van der Waals surface area contributed by atoms with E-state index in [9.17, 15) is 39.5 Å². The summed E-state index contributed by atoms with van der Waals surface area (Å²) in [7, 11) is 0. The number of aliphatic carboxylic acids is 3.